The van der Waals surface area contributed by atoms with E-state index in [0.717, 1.165) is 12.8 Å². The monoisotopic (exact) mass is 352 g/mol. The lowest BCUT2D eigenvalue weighted by atomic mass is 10.2. The lowest BCUT2D eigenvalue weighted by molar-refractivity contribution is -0.143. The third kappa shape index (κ3) is 4.56. The summed E-state index contributed by atoms with van der Waals surface area (Å²) in [6, 6.07) is 3.98. The maximum Gasteiger partial charge on any atom is 0.306 e. The summed E-state index contributed by atoms with van der Waals surface area (Å²) in [7, 11) is 0. The van der Waals surface area contributed by atoms with Crippen molar-refractivity contribution in [3.63, 3.8) is 0 Å². The topological polar surface area (TPSA) is 61.2 Å². The van der Waals surface area contributed by atoms with E-state index in [2.05, 4.69) is 4.98 Å². The Balaban J connectivity index is 2.10. The Labute approximate surface area is 144 Å². The van der Waals surface area contributed by atoms with E-state index in [1.54, 1.807) is 0 Å². The molecule has 0 atom stereocenters. The lowest BCUT2D eigenvalue weighted by Crippen LogP contribution is -2.22. The predicted octanol–water partition coefficient (Wildman–Crippen LogP) is 3.38. The molecular formula is C17H21FN2O3S. The molecule has 1 aromatic carbocycles. The maximum atomic E-state index is 13.3. The first kappa shape index (κ1) is 18.4. The molecule has 0 radical (unpaired) electrons. The number of esters is 1. The molecule has 130 valence electrons. The van der Waals surface area contributed by atoms with E-state index in [9.17, 15) is 14.0 Å². The minimum atomic E-state index is -0.459. The molecule has 0 N–H and O–H groups in total. The summed E-state index contributed by atoms with van der Waals surface area (Å²) in [5.74, 6) is -0.229. The number of hydrogen-bond donors (Lipinski definition) is 0. The summed E-state index contributed by atoms with van der Waals surface area (Å²) in [5, 5.41) is 0.795. The molecule has 2 aromatic rings. The number of unbranched alkanes of at least 4 members (excludes halogenated alkanes) is 1. The van der Waals surface area contributed by atoms with Crippen LogP contribution in [0.5, 0.6) is 0 Å². The molecule has 2 rings (SSSR count). The molecule has 1 aromatic heterocycles. The average molecular weight is 352 g/mol. The number of hydrogen-bond acceptors (Lipinski definition) is 5. The van der Waals surface area contributed by atoms with Crippen molar-refractivity contribution in [1.82, 2.24) is 9.55 Å². The molecule has 0 amide bonds. The van der Waals surface area contributed by atoms with Gasteiger partial charge >= 0.3 is 5.97 Å². The summed E-state index contributed by atoms with van der Waals surface area (Å²) in [5.41, 5.74) is 0.189. The van der Waals surface area contributed by atoms with Gasteiger partial charge in [0.2, 0.25) is 0 Å². The van der Waals surface area contributed by atoms with E-state index in [0.29, 0.717) is 29.6 Å². The van der Waals surface area contributed by atoms with Crippen molar-refractivity contribution in [2.45, 2.75) is 44.8 Å². The van der Waals surface area contributed by atoms with Crippen molar-refractivity contribution in [1.29, 1.82) is 0 Å². The van der Waals surface area contributed by atoms with E-state index in [-0.39, 0.29) is 23.3 Å². The highest BCUT2D eigenvalue weighted by molar-refractivity contribution is 7.99. The van der Waals surface area contributed by atoms with E-state index >= 15 is 0 Å². The van der Waals surface area contributed by atoms with Crippen LogP contribution in [0.1, 0.15) is 33.1 Å². The molecule has 0 spiro atoms. The zero-order chi connectivity index (χ0) is 17.5. The predicted molar refractivity (Wildman–Crippen MR) is 92.8 cm³/mol. The Morgan fingerprint density at radius 1 is 1.38 bits per heavy atom. The summed E-state index contributed by atoms with van der Waals surface area (Å²) in [6.07, 6.45) is 2.10. The van der Waals surface area contributed by atoms with Crippen molar-refractivity contribution in [2.24, 2.45) is 0 Å². The van der Waals surface area contributed by atoms with Gasteiger partial charge in [0.15, 0.2) is 5.16 Å². The first-order valence-corrected chi connectivity index (χ1v) is 9.03. The van der Waals surface area contributed by atoms with Gasteiger partial charge in [0.05, 0.1) is 23.9 Å². The first-order chi connectivity index (χ1) is 11.6. The fraction of sp³-hybridized carbons (Fsp3) is 0.471. The summed E-state index contributed by atoms with van der Waals surface area (Å²) in [4.78, 5) is 28.5. The molecule has 1 heterocycles. The highest BCUT2D eigenvalue weighted by atomic mass is 32.2. The molecule has 5 nitrogen and oxygen atoms in total. The average Bonchev–Trinajstić information content (AvgIpc) is 2.56. The second-order valence-corrected chi connectivity index (χ2v) is 6.34. The number of thioether (sulfide) groups is 1. The van der Waals surface area contributed by atoms with Gasteiger partial charge in [0, 0.05) is 12.3 Å². The van der Waals surface area contributed by atoms with Gasteiger partial charge in [-0.3, -0.25) is 14.2 Å². The van der Waals surface area contributed by atoms with Crippen LogP contribution >= 0.6 is 11.8 Å². The van der Waals surface area contributed by atoms with Crippen LogP contribution in [-0.2, 0) is 16.1 Å². The Morgan fingerprint density at radius 2 is 2.17 bits per heavy atom. The number of rotatable bonds is 8. The number of carbonyl (C=O) groups is 1. The molecule has 0 aliphatic heterocycles. The zero-order valence-corrected chi connectivity index (χ0v) is 14.7. The summed E-state index contributed by atoms with van der Waals surface area (Å²) >= 11 is 1.33. The Bertz CT molecular complexity index is 776. The lowest BCUT2D eigenvalue weighted by Gasteiger charge is -2.11. The number of fused-ring (bicyclic) bond motifs is 1. The first-order valence-electron chi connectivity index (χ1n) is 8.05. The molecule has 0 aliphatic carbocycles. The van der Waals surface area contributed by atoms with Gasteiger partial charge < -0.3 is 4.74 Å². The van der Waals surface area contributed by atoms with Crippen LogP contribution in [0, 0.1) is 5.82 Å². The smallest absolute Gasteiger partial charge is 0.306 e. The SMILES string of the molecule is CCCCOC(=O)CCSc1nc2ccc(F)cc2c(=O)n1CC. The molecule has 0 unspecified atom stereocenters. The fourth-order valence-electron chi connectivity index (χ4n) is 2.19. The highest BCUT2D eigenvalue weighted by Gasteiger charge is 2.12. The highest BCUT2D eigenvalue weighted by Crippen LogP contribution is 2.19. The van der Waals surface area contributed by atoms with Crippen molar-refractivity contribution in [3.05, 3.63) is 34.4 Å². The quantitative estimate of drug-likeness (QED) is 0.315. The second kappa shape index (κ2) is 8.82. The van der Waals surface area contributed by atoms with E-state index in [1.165, 1.54) is 34.5 Å². The molecule has 0 saturated heterocycles. The van der Waals surface area contributed by atoms with Crippen LogP contribution in [0.4, 0.5) is 4.39 Å². The van der Waals surface area contributed by atoms with E-state index in [1.807, 2.05) is 13.8 Å². The molecule has 0 aliphatic rings. The second-order valence-electron chi connectivity index (χ2n) is 5.28. The number of carbonyl (C=O) groups excluding carboxylic acids is 1. The van der Waals surface area contributed by atoms with Crippen LogP contribution in [0.3, 0.4) is 0 Å². The molecule has 24 heavy (non-hydrogen) atoms. The minimum absolute atomic E-state index is 0.246. The number of halogens is 1. The Hall–Kier alpha value is -1.89. The zero-order valence-electron chi connectivity index (χ0n) is 13.9. The summed E-state index contributed by atoms with van der Waals surface area (Å²) < 4.78 is 19.9. The Morgan fingerprint density at radius 3 is 2.88 bits per heavy atom. The van der Waals surface area contributed by atoms with Crippen LogP contribution in [0.15, 0.2) is 28.2 Å². The molecule has 7 heteroatoms. The van der Waals surface area contributed by atoms with Crippen LogP contribution < -0.4 is 5.56 Å². The van der Waals surface area contributed by atoms with Gasteiger partial charge in [-0.25, -0.2) is 9.37 Å². The number of nitrogens with zero attached hydrogens (tertiary/aromatic N) is 2. The van der Waals surface area contributed by atoms with Gasteiger partial charge in [-0.15, -0.1) is 0 Å². The van der Waals surface area contributed by atoms with Crippen LogP contribution in [-0.4, -0.2) is 27.9 Å². The van der Waals surface area contributed by atoms with Gasteiger partial charge in [0.25, 0.3) is 5.56 Å². The van der Waals surface area contributed by atoms with Crippen LogP contribution in [0.25, 0.3) is 10.9 Å². The van der Waals surface area contributed by atoms with Gasteiger partial charge in [0.1, 0.15) is 5.82 Å². The van der Waals surface area contributed by atoms with E-state index in [4.69, 9.17) is 4.74 Å². The van der Waals surface area contributed by atoms with Gasteiger partial charge in [-0.1, -0.05) is 25.1 Å². The van der Waals surface area contributed by atoms with Crippen molar-refractivity contribution in [2.75, 3.05) is 12.4 Å². The van der Waals surface area contributed by atoms with Gasteiger partial charge in [-0.05, 0) is 31.5 Å². The largest absolute Gasteiger partial charge is 0.466 e. The standard InChI is InChI=1S/C17H21FN2O3S/c1-3-5-9-23-15(21)8-10-24-17-19-14-7-6-12(18)11-13(14)16(22)20(17)4-2/h6-7,11H,3-5,8-10H2,1-2H3. The van der Waals surface area contributed by atoms with Crippen molar-refractivity contribution < 1.29 is 13.9 Å². The summed E-state index contributed by atoms with van der Waals surface area (Å²) in [6.45, 7) is 4.74. The normalized spacial score (nSPS) is 11.0. The number of aromatic nitrogens is 2. The third-order valence-corrected chi connectivity index (χ3v) is 4.47. The van der Waals surface area contributed by atoms with Crippen molar-refractivity contribution >= 4 is 28.6 Å². The Kier molecular flexibility index (Phi) is 6.78. The number of ether oxygens (including phenoxy) is 1. The van der Waals surface area contributed by atoms with Crippen LogP contribution in [0.2, 0.25) is 0 Å². The molecule has 0 saturated carbocycles. The van der Waals surface area contributed by atoms with Gasteiger partial charge in [-0.2, -0.15) is 0 Å². The van der Waals surface area contributed by atoms with E-state index < -0.39 is 5.82 Å². The van der Waals surface area contributed by atoms with Crippen molar-refractivity contribution in [3.8, 4) is 0 Å². The number of benzene rings is 1. The third-order valence-electron chi connectivity index (χ3n) is 3.50. The fourth-order valence-corrected chi connectivity index (χ4v) is 3.17. The minimum Gasteiger partial charge on any atom is -0.466 e. The molecular weight excluding hydrogens is 331 g/mol. The molecule has 0 bridgehead atoms. The molecule has 0 fully saturated rings. The maximum absolute atomic E-state index is 13.3.